The van der Waals surface area contributed by atoms with Crippen LogP contribution in [0.15, 0.2) is 109 Å². The molecule has 11 nitrogen and oxygen atoms in total. The second-order valence-electron chi connectivity index (χ2n) is 13.9. The van der Waals surface area contributed by atoms with Gasteiger partial charge in [-0.2, -0.15) is 0 Å². The first kappa shape index (κ1) is 42.1. The Morgan fingerprint density at radius 3 is 1.45 bits per heavy atom. The average Bonchev–Trinajstić information content (AvgIpc) is 3.15. The summed E-state index contributed by atoms with van der Waals surface area (Å²) in [5.74, 6) is -4.99. The van der Waals surface area contributed by atoms with Crippen LogP contribution in [-0.4, -0.2) is 75.1 Å². The van der Waals surface area contributed by atoms with E-state index in [0.29, 0.717) is 0 Å². The quantitative estimate of drug-likeness (QED) is 0.0732. The van der Waals surface area contributed by atoms with Gasteiger partial charge in [0.25, 0.3) is 0 Å². The molecule has 53 heavy (non-hydrogen) atoms. The first-order valence-corrected chi connectivity index (χ1v) is 17.4. The number of amides is 1. The summed E-state index contributed by atoms with van der Waals surface area (Å²) in [6.45, 7) is 9.51. The molecule has 0 saturated carbocycles. The Balaban J connectivity index is 0.000000287. The fraction of sp³-hybridized carbons (Fsp3) is 0.333. The lowest BCUT2D eigenvalue weighted by Crippen LogP contribution is -2.51. The first-order chi connectivity index (χ1) is 25.0. The van der Waals surface area contributed by atoms with E-state index in [1.54, 1.807) is 20.8 Å². The third-order valence-corrected chi connectivity index (χ3v) is 9.55. The Hall–Kier alpha value is -5.36. The van der Waals surface area contributed by atoms with Gasteiger partial charge in [0.15, 0.2) is 12.2 Å². The number of nitrogens with one attached hydrogen (secondary N) is 1. The largest absolute Gasteiger partial charge is 0.479 e. The summed E-state index contributed by atoms with van der Waals surface area (Å²) in [4.78, 5) is 45.3. The zero-order valence-corrected chi connectivity index (χ0v) is 30.7. The lowest BCUT2D eigenvalue weighted by Gasteiger charge is -2.36. The standard InChI is InChI=1S/C21H23NO6.C21H27NO3/c1-21(2,17(12-16(23)19(25)26)22-18(24)20(27)28)15-10-8-14(9-11-15)13-6-4-3-5-7-13;1-4-25-20(24)18(23)14-19(22)21(2,3)17-12-10-16(11-13-17)15-8-6-5-7-9-15/h3-11,16-17,23H,12H2,1-2H3,(H,22,24)(H,25,26)(H,27,28);5-13,18-19,23H,4,14,22H2,1-3H3/t16-,17+;18-,19+/m11/s1. The van der Waals surface area contributed by atoms with Crippen molar-refractivity contribution in [2.24, 2.45) is 5.73 Å². The summed E-state index contributed by atoms with van der Waals surface area (Å²) >= 11 is 0. The molecule has 0 aliphatic rings. The van der Waals surface area contributed by atoms with Gasteiger partial charge >= 0.3 is 23.8 Å². The normalized spacial score (nSPS) is 13.7. The number of ether oxygens (including phenoxy) is 1. The summed E-state index contributed by atoms with van der Waals surface area (Å²) in [6.07, 6.45) is -3.10. The lowest BCUT2D eigenvalue weighted by molar-refractivity contribution is -0.153. The fourth-order valence-corrected chi connectivity index (χ4v) is 5.81. The van der Waals surface area contributed by atoms with Gasteiger partial charge in [-0.05, 0) is 40.3 Å². The van der Waals surface area contributed by atoms with Gasteiger partial charge in [0.1, 0.15) is 0 Å². The van der Waals surface area contributed by atoms with E-state index in [1.807, 2.05) is 86.6 Å². The van der Waals surface area contributed by atoms with Crippen LogP contribution in [0, 0.1) is 0 Å². The summed E-state index contributed by atoms with van der Waals surface area (Å²) in [6, 6.07) is 34.3. The van der Waals surface area contributed by atoms with E-state index in [0.717, 1.165) is 33.4 Å². The van der Waals surface area contributed by atoms with Gasteiger partial charge < -0.3 is 36.2 Å². The molecule has 0 spiro atoms. The van der Waals surface area contributed by atoms with Gasteiger partial charge in [0.05, 0.1) is 6.61 Å². The van der Waals surface area contributed by atoms with Crippen LogP contribution >= 0.6 is 0 Å². The number of aliphatic hydroxyl groups is 2. The molecule has 4 rings (SSSR count). The Morgan fingerprint density at radius 2 is 1.06 bits per heavy atom. The van der Waals surface area contributed by atoms with Crippen molar-refractivity contribution >= 4 is 23.8 Å². The molecular formula is C42H50N2O9. The van der Waals surface area contributed by atoms with Gasteiger partial charge in [-0.1, -0.05) is 137 Å². The molecule has 0 aliphatic carbocycles. The molecule has 0 aromatic heterocycles. The van der Waals surface area contributed by atoms with Gasteiger partial charge in [-0.3, -0.25) is 4.79 Å². The zero-order chi connectivity index (χ0) is 39.3. The van der Waals surface area contributed by atoms with E-state index in [2.05, 4.69) is 41.7 Å². The van der Waals surface area contributed by atoms with Gasteiger partial charge in [0.2, 0.25) is 0 Å². The molecule has 0 radical (unpaired) electrons. The molecule has 0 aliphatic heterocycles. The van der Waals surface area contributed by atoms with Crippen LogP contribution in [0.5, 0.6) is 0 Å². The molecule has 7 N–H and O–H groups in total. The third kappa shape index (κ3) is 11.6. The second kappa shape index (κ2) is 18.9. The second-order valence-corrected chi connectivity index (χ2v) is 13.9. The minimum Gasteiger partial charge on any atom is -0.479 e. The van der Waals surface area contributed by atoms with Crippen LogP contribution in [0.2, 0.25) is 0 Å². The topological polar surface area (TPSA) is 196 Å². The molecule has 0 fully saturated rings. The van der Waals surface area contributed by atoms with E-state index in [9.17, 15) is 29.4 Å². The maximum absolute atomic E-state index is 11.7. The lowest BCUT2D eigenvalue weighted by atomic mass is 9.75. The minimum absolute atomic E-state index is 0.159. The van der Waals surface area contributed by atoms with Gasteiger partial charge in [-0.15, -0.1) is 0 Å². The maximum atomic E-state index is 11.7. The van der Waals surface area contributed by atoms with Gasteiger partial charge in [-0.25, -0.2) is 14.4 Å². The molecule has 0 saturated heterocycles. The number of hydrogen-bond donors (Lipinski definition) is 6. The van der Waals surface area contributed by atoms with Crippen molar-refractivity contribution in [2.75, 3.05) is 6.61 Å². The van der Waals surface area contributed by atoms with E-state index in [1.165, 1.54) is 0 Å². The molecule has 4 aromatic carbocycles. The monoisotopic (exact) mass is 726 g/mol. The highest BCUT2D eigenvalue weighted by atomic mass is 16.5. The average molecular weight is 727 g/mol. The number of nitrogens with two attached hydrogens (primary N) is 1. The summed E-state index contributed by atoms with van der Waals surface area (Å²) in [5.41, 5.74) is 11.2. The highest BCUT2D eigenvalue weighted by Crippen LogP contribution is 2.33. The number of carbonyl (C=O) groups is 4. The van der Waals surface area contributed by atoms with Crippen molar-refractivity contribution < 1.29 is 44.3 Å². The van der Waals surface area contributed by atoms with Crippen LogP contribution in [0.1, 0.15) is 58.6 Å². The van der Waals surface area contributed by atoms with Crippen molar-refractivity contribution in [3.05, 3.63) is 120 Å². The molecular weight excluding hydrogens is 676 g/mol. The molecule has 0 heterocycles. The number of carboxylic acid groups (broad SMARTS) is 2. The van der Waals surface area contributed by atoms with Crippen molar-refractivity contribution in [1.82, 2.24) is 5.32 Å². The Bertz CT molecular complexity index is 1790. The van der Waals surface area contributed by atoms with E-state index < -0.39 is 47.5 Å². The zero-order valence-electron chi connectivity index (χ0n) is 30.7. The molecule has 282 valence electrons. The number of aliphatic hydroxyl groups excluding tert-OH is 2. The summed E-state index contributed by atoms with van der Waals surface area (Å²) in [5, 5.41) is 39.9. The number of hydrogen-bond acceptors (Lipinski definition) is 8. The van der Waals surface area contributed by atoms with Crippen LogP contribution < -0.4 is 11.1 Å². The van der Waals surface area contributed by atoms with Gasteiger partial charge in [0, 0.05) is 35.8 Å². The maximum Gasteiger partial charge on any atom is 0.394 e. The summed E-state index contributed by atoms with van der Waals surface area (Å²) in [7, 11) is 0. The SMILES string of the molecule is CC(C)(c1ccc(-c2ccccc2)cc1)[C@H](C[C@@H](O)C(=O)O)NC(=O)C(=O)O.CCOC(=O)[C@H](O)C[C@H](N)C(C)(C)c1ccc(-c2ccccc2)cc1. The van der Waals surface area contributed by atoms with Crippen molar-refractivity contribution in [2.45, 2.75) is 82.6 Å². The molecule has 4 aromatic rings. The number of carbonyl (C=O) groups excluding carboxylic acids is 2. The smallest absolute Gasteiger partial charge is 0.394 e. The molecule has 0 bridgehead atoms. The number of benzene rings is 4. The van der Waals surface area contributed by atoms with Crippen molar-refractivity contribution in [1.29, 1.82) is 0 Å². The molecule has 1 amide bonds. The third-order valence-electron chi connectivity index (χ3n) is 9.55. The first-order valence-electron chi connectivity index (χ1n) is 17.4. The molecule has 11 heteroatoms. The number of esters is 1. The van der Waals surface area contributed by atoms with E-state index in [4.69, 9.17) is 20.7 Å². The van der Waals surface area contributed by atoms with Crippen LogP contribution in [-0.2, 0) is 34.7 Å². The highest BCUT2D eigenvalue weighted by Gasteiger charge is 2.37. The van der Waals surface area contributed by atoms with Crippen molar-refractivity contribution in [3.63, 3.8) is 0 Å². The predicted octanol–water partition coefficient (Wildman–Crippen LogP) is 5.31. The van der Waals surface area contributed by atoms with Crippen LogP contribution in [0.3, 0.4) is 0 Å². The Kier molecular flexibility index (Phi) is 15.0. The predicted molar refractivity (Wildman–Crippen MR) is 203 cm³/mol. The minimum atomic E-state index is -1.73. The Morgan fingerprint density at radius 1 is 0.642 bits per heavy atom. The Labute approximate surface area is 310 Å². The van der Waals surface area contributed by atoms with Crippen molar-refractivity contribution in [3.8, 4) is 22.3 Å². The van der Waals surface area contributed by atoms with E-state index in [-0.39, 0.29) is 30.9 Å². The number of carboxylic acids is 2. The molecule has 0 unspecified atom stereocenters. The van der Waals surface area contributed by atoms with Crippen LogP contribution in [0.4, 0.5) is 0 Å². The van der Waals surface area contributed by atoms with E-state index >= 15 is 0 Å². The molecule has 4 atom stereocenters. The summed E-state index contributed by atoms with van der Waals surface area (Å²) < 4.78 is 4.84. The number of aliphatic carboxylic acids is 2. The van der Waals surface area contributed by atoms with Crippen LogP contribution in [0.25, 0.3) is 22.3 Å². The number of rotatable bonds is 14. The highest BCUT2D eigenvalue weighted by molar-refractivity contribution is 6.31. The fourth-order valence-electron chi connectivity index (χ4n) is 5.81.